The summed E-state index contributed by atoms with van der Waals surface area (Å²) < 4.78 is 1.02. The first-order chi connectivity index (χ1) is 14.2. The number of likely N-dealkylation sites (tertiary alicyclic amines) is 1. The van der Waals surface area contributed by atoms with Crippen molar-refractivity contribution >= 4 is 44.4 Å². The number of anilines is 2. The van der Waals surface area contributed by atoms with Gasteiger partial charge in [-0.25, -0.2) is 9.97 Å². The van der Waals surface area contributed by atoms with Gasteiger partial charge in [-0.15, -0.1) is 22.7 Å². The highest BCUT2D eigenvalue weighted by atomic mass is 32.1. The van der Waals surface area contributed by atoms with Gasteiger partial charge in [-0.3, -0.25) is 4.90 Å². The lowest BCUT2D eigenvalue weighted by Gasteiger charge is -2.25. The van der Waals surface area contributed by atoms with Gasteiger partial charge in [0.15, 0.2) is 5.82 Å². The van der Waals surface area contributed by atoms with Crippen LogP contribution >= 0.6 is 22.7 Å². The van der Waals surface area contributed by atoms with Gasteiger partial charge in [-0.1, -0.05) is 12.5 Å². The second-order valence-corrected chi connectivity index (χ2v) is 9.55. The Hall–Kier alpha value is -2.48. The summed E-state index contributed by atoms with van der Waals surface area (Å²) in [6.07, 6.45) is 5.60. The number of fused-ring (bicyclic) bond motifs is 1. The number of phenols is 1. The molecule has 0 unspecified atom stereocenters. The largest absolute Gasteiger partial charge is 0.508 e. The predicted octanol–water partition coefficient (Wildman–Crippen LogP) is 5.85. The summed E-state index contributed by atoms with van der Waals surface area (Å²) >= 11 is 3.58. The van der Waals surface area contributed by atoms with Crippen molar-refractivity contribution in [1.82, 2.24) is 14.9 Å². The minimum absolute atomic E-state index is 0.229. The summed E-state index contributed by atoms with van der Waals surface area (Å²) in [5.74, 6) is 0.994. The fourth-order valence-electron chi connectivity index (χ4n) is 3.72. The van der Waals surface area contributed by atoms with Gasteiger partial charge in [0.25, 0.3) is 0 Å². The molecule has 0 radical (unpaired) electrons. The van der Waals surface area contributed by atoms with Gasteiger partial charge < -0.3 is 10.4 Å². The fraction of sp³-hybridized carbons (Fsp3) is 0.273. The van der Waals surface area contributed by atoms with E-state index in [2.05, 4.69) is 38.4 Å². The van der Waals surface area contributed by atoms with E-state index in [9.17, 15) is 5.11 Å². The van der Waals surface area contributed by atoms with E-state index in [-0.39, 0.29) is 5.75 Å². The van der Waals surface area contributed by atoms with E-state index < -0.39 is 0 Å². The number of phenolic OH excluding ortho intramolecular Hbond substituents is 1. The molecule has 0 spiro atoms. The molecule has 1 aromatic carbocycles. The molecule has 5 rings (SSSR count). The van der Waals surface area contributed by atoms with Crippen LogP contribution in [0.2, 0.25) is 0 Å². The molecule has 1 saturated heterocycles. The number of nitrogens with one attached hydrogen (secondary N) is 1. The topological polar surface area (TPSA) is 61.3 Å². The van der Waals surface area contributed by atoms with E-state index in [1.807, 2.05) is 23.5 Å². The zero-order valence-corrected chi connectivity index (χ0v) is 17.6. The Morgan fingerprint density at radius 1 is 0.966 bits per heavy atom. The number of aromatic hydroxyl groups is 1. The first-order valence-electron chi connectivity index (χ1n) is 9.87. The molecule has 0 amide bonds. The van der Waals surface area contributed by atoms with Crippen LogP contribution in [0.1, 0.15) is 24.1 Å². The van der Waals surface area contributed by atoms with Crippen LogP contribution in [0.15, 0.2) is 48.8 Å². The summed E-state index contributed by atoms with van der Waals surface area (Å²) in [5, 5.41) is 13.0. The van der Waals surface area contributed by atoms with Crippen molar-refractivity contribution < 1.29 is 5.11 Å². The average Bonchev–Trinajstić information content (AvgIpc) is 3.36. The van der Waals surface area contributed by atoms with Crippen molar-refractivity contribution in [3.05, 3.63) is 53.7 Å². The molecule has 7 heteroatoms. The Kier molecular flexibility index (Phi) is 5.18. The number of benzene rings is 1. The lowest BCUT2D eigenvalue weighted by atomic mass is 10.1. The van der Waals surface area contributed by atoms with E-state index in [1.54, 1.807) is 29.8 Å². The minimum atomic E-state index is 0.229. The Morgan fingerprint density at radius 3 is 2.72 bits per heavy atom. The molecular weight excluding hydrogens is 400 g/mol. The smallest absolute Gasteiger partial charge is 0.151 e. The highest BCUT2D eigenvalue weighted by Crippen LogP contribution is 2.39. The molecule has 148 valence electrons. The van der Waals surface area contributed by atoms with Crippen LogP contribution in [0.5, 0.6) is 5.75 Å². The Labute approximate surface area is 177 Å². The Balaban J connectivity index is 1.40. The fourth-order valence-corrected chi connectivity index (χ4v) is 5.91. The average molecular weight is 423 g/mol. The number of nitrogens with zero attached hydrogens (tertiary/aromatic N) is 3. The molecule has 0 bridgehead atoms. The van der Waals surface area contributed by atoms with Crippen LogP contribution in [0.3, 0.4) is 0 Å². The van der Waals surface area contributed by atoms with E-state index in [4.69, 9.17) is 0 Å². The molecule has 5 nitrogen and oxygen atoms in total. The van der Waals surface area contributed by atoms with Crippen LogP contribution in [0, 0.1) is 0 Å². The molecule has 1 fully saturated rings. The molecule has 4 heterocycles. The molecule has 4 aromatic rings. The quantitative estimate of drug-likeness (QED) is 0.422. The number of aromatic nitrogens is 2. The van der Waals surface area contributed by atoms with Crippen molar-refractivity contribution in [3.8, 4) is 15.5 Å². The van der Waals surface area contributed by atoms with Gasteiger partial charge in [0.2, 0.25) is 0 Å². The minimum Gasteiger partial charge on any atom is -0.508 e. The second kappa shape index (κ2) is 8.10. The number of hydrogen-bond acceptors (Lipinski definition) is 7. The molecule has 29 heavy (non-hydrogen) atoms. The lowest BCUT2D eigenvalue weighted by molar-refractivity contribution is 0.222. The standard InChI is InChI=1S/C22H22N4OS2/c27-16-6-4-5-15(11-16)25-22-21-18(23-14-24-22)12-20(29-21)19-8-7-17(28-19)13-26-9-2-1-3-10-26/h4-8,11-12,14,27H,1-3,9-10,13H2,(H,23,24,25). The van der Waals surface area contributed by atoms with Crippen molar-refractivity contribution in [2.45, 2.75) is 25.8 Å². The SMILES string of the molecule is Oc1cccc(Nc2ncnc3cc(-c4ccc(CN5CCCCC5)s4)sc23)c1. The molecule has 2 N–H and O–H groups in total. The highest BCUT2D eigenvalue weighted by molar-refractivity contribution is 7.26. The maximum atomic E-state index is 9.70. The molecule has 1 aliphatic rings. The Bertz CT molecular complexity index is 1130. The molecule has 0 atom stereocenters. The van der Waals surface area contributed by atoms with Crippen LogP contribution in [0.4, 0.5) is 11.5 Å². The van der Waals surface area contributed by atoms with E-state index in [0.717, 1.165) is 28.3 Å². The highest BCUT2D eigenvalue weighted by Gasteiger charge is 2.15. The zero-order chi connectivity index (χ0) is 19.6. The first kappa shape index (κ1) is 18.5. The van der Waals surface area contributed by atoms with Crippen molar-refractivity contribution in [1.29, 1.82) is 0 Å². The predicted molar refractivity (Wildman–Crippen MR) is 121 cm³/mol. The van der Waals surface area contributed by atoms with Crippen molar-refractivity contribution in [3.63, 3.8) is 0 Å². The lowest BCUT2D eigenvalue weighted by Crippen LogP contribution is -2.28. The monoisotopic (exact) mass is 422 g/mol. The number of rotatable bonds is 5. The molecular formula is C22H22N4OS2. The molecule has 3 aromatic heterocycles. The van der Waals surface area contributed by atoms with Crippen molar-refractivity contribution in [2.75, 3.05) is 18.4 Å². The zero-order valence-electron chi connectivity index (χ0n) is 16.0. The van der Waals surface area contributed by atoms with Crippen LogP contribution in [-0.2, 0) is 6.54 Å². The molecule has 0 aliphatic carbocycles. The first-order valence-corrected chi connectivity index (χ1v) is 11.5. The van der Waals surface area contributed by atoms with Gasteiger partial charge in [0.1, 0.15) is 12.1 Å². The third kappa shape index (κ3) is 4.12. The van der Waals surface area contributed by atoms with Crippen molar-refractivity contribution in [2.24, 2.45) is 0 Å². The van der Waals surface area contributed by atoms with Gasteiger partial charge in [-0.2, -0.15) is 0 Å². The van der Waals surface area contributed by atoms with E-state index in [0.29, 0.717) is 0 Å². The number of thiophene rings is 2. The third-order valence-corrected chi connectivity index (χ3v) is 7.55. The summed E-state index contributed by atoms with van der Waals surface area (Å²) in [6.45, 7) is 3.49. The maximum Gasteiger partial charge on any atom is 0.151 e. The Morgan fingerprint density at radius 2 is 1.86 bits per heavy atom. The van der Waals surface area contributed by atoms with E-state index in [1.165, 1.54) is 47.0 Å². The normalized spacial score (nSPS) is 15.0. The summed E-state index contributed by atoms with van der Waals surface area (Å²) in [7, 11) is 0. The summed E-state index contributed by atoms with van der Waals surface area (Å²) in [4.78, 5) is 15.4. The van der Waals surface area contributed by atoms with Crippen LogP contribution < -0.4 is 5.32 Å². The van der Waals surface area contributed by atoms with Gasteiger partial charge in [0.05, 0.1) is 10.2 Å². The second-order valence-electron chi connectivity index (χ2n) is 7.33. The van der Waals surface area contributed by atoms with Crippen LogP contribution in [0.25, 0.3) is 20.0 Å². The summed E-state index contributed by atoms with van der Waals surface area (Å²) in [5.41, 5.74) is 1.74. The summed E-state index contributed by atoms with van der Waals surface area (Å²) in [6, 6.07) is 13.7. The van der Waals surface area contributed by atoms with E-state index >= 15 is 0 Å². The van der Waals surface area contributed by atoms with Gasteiger partial charge in [0, 0.05) is 32.9 Å². The molecule has 1 aliphatic heterocycles. The van der Waals surface area contributed by atoms with Crippen LogP contribution in [-0.4, -0.2) is 33.1 Å². The van der Waals surface area contributed by atoms with Gasteiger partial charge >= 0.3 is 0 Å². The molecule has 0 saturated carbocycles. The van der Waals surface area contributed by atoms with Gasteiger partial charge in [-0.05, 0) is 56.3 Å². The maximum absolute atomic E-state index is 9.70. The third-order valence-electron chi connectivity index (χ3n) is 5.15. The number of piperidine rings is 1. The number of hydrogen-bond donors (Lipinski definition) is 2.